The van der Waals surface area contributed by atoms with E-state index in [9.17, 15) is 14.4 Å². The molecule has 0 aliphatic rings. The number of aliphatic carboxylic acids is 1. The molecule has 0 heterocycles. The zero-order valence-electron chi connectivity index (χ0n) is 11.0. The molecule has 0 aromatic heterocycles. The average Bonchev–Trinajstić information content (AvgIpc) is 2.30. The van der Waals surface area contributed by atoms with Crippen LogP contribution < -0.4 is 16.4 Å². The molecule has 7 nitrogen and oxygen atoms in total. The van der Waals surface area contributed by atoms with Crippen molar-refractivity contribution in [3.05, 3.63) is 0 Å². The molecule has 0 aliphatic heterocycles. The summed E-state index contributed by atoms with van der Waals surface area (Å²) in [5.74, 6) is 0.544. The third-order valence-electron chi connectivity index (χ3n) is 2.42. The van der Waals surface area contributed by atoms with Gasteiger partial charge in [0, 0.05) is 6.42 Å². The molecule has 106 valence electrons. The van der Waals surface area contributed by atoms with Crippen LogP contribution in [0.5, 0.6) is 0 Å². The van der Waals surface area contributed by atoms with Crippen molar-refractivity contribution in [2.24, 2.45) is 11.7 Å². The fourth-order valence-electron chi connectivity index (χ4n) is 1.29. The van der Waals surface area contributed by atoms with E-state index in [0.29, 0.717) is 0 Å². The minimum atomic E-state index is -1.24. The van der Waals surface area contributed by atoms with Crippen LogP contribution in [-0.2, 0) is 9.59 Å². The van der Waals surface area contributed by atoms with Crippen LogP contribution in [0.4, 0.5) is 4.79 Å². The highest BCUT2D eigenvalue weighted by Crippen LogP contribution is 2.01. The summed E-state index contributed by atoms with van der Waals surface area (Å²) in [5, 5.41) is 13.6. The van der Waals surface area contributed by atoms with Gasteiger partial charge in [-0.05, 0) is 12.3 Å². The molecular weight excluding hydrogens is 250 g/mol. The molecule has 0 saturated heterocycles. The van der Waals surface area contributed by atoms with Crippen molar-refractivity contribution in [1.82, 2.24) is 10.6 Å². The predicted molar refractivity (Wildman–Crippen MR) is 69.0 cm³/mol. The third kappa shape index (κ3) is 6.93. The van der Waals surface area contributed by atoms with Crippen molar-refractivity contribution in [1.29, 1.82) is 0 Å². The second-order valence-corrected chi connectivity index (χ2v) is 4.40. The summed E-state index contributed by atoms with van der Waals surface area (Å²) in [6.07, 6.45) is 5.05. The van der Waals surface area contributed by atoms with Gasteiger partial charge in [0.1, 0.15) is 6.04 Å². The molecule has 0 rings (SSSR count). The molecule has 0 bridgehead atoms. The Kier molecular flexibility index (Phi) is 7.04. The largest absolute Gasteiger partial charge is 0.480 e. The lowest BCUT2D eigenvalue weighted by Gasteiger charge is -2.19. The van der Waals surface area contributed by atoms with Gasteiger partial charge in [0.05, 0.1) is 6.04 Å². The van der Waals surface area contributed by atoms with Crippen LogP contribution >= 0.6 is 0 Å². The summed E-state index contributed by atoms with van der Waals surface area (Å²) < 4.78 is 0. The molecule has 5 N–H and O–H groups in total. The number of carboxylic acid groups (broad SMARTS) is 1. The van der Waals surface area contributed by atoms with E-state index < -0.39 is 30.0 Å². The van der Waals surface area contributed by atoms with E-state index in [4.69, 9.17) is 17.3 Å². The number of nitrogens with two attached hydrogens (primary N) is 1. The molecule has 7 heteroatoms. The number of primary amides is 1. The normalized spacial score (nSPS) is 13.2. The van der Waals surface area contributed by atoms with Crippen molar-refractivity contribution in [2.45, 2.75) is 38.8 Å². The Morgan fingerprint density at radius 1 is 1.32 bits per heavy atom. The first-order chi connectivity index (χ1) is 8.77. The van der Waals surface area contributed by atoms with Crippen molar-refractivity contribution in [3.63, 3.8) is 0 Å². The molecule has 0 aliphatic carbocycles. The maximum absolute atomic E-state index is 11.6. The first-order valence-electron chi connectivity index (χ1n) is 5.82. The highest BCUT2D eigenvalue weighted by atomic mass is 16.4. The standard InChI is InChI=1S/C12H19N3O4/c1-4-8(7(2)3)14-12(19)15-9(11(17)18)5-6-10(13)16/h1,7-9H,5-6H2,2-3H3,(H2,13,16)(H,17,18)(H2,14,15,19). The minimum absolute atomic E-state index is 0.0182. The molecule has 2 unspecified atom stereocenters. The summed E-state index contributed by atoms with van der Waals surface area (Å²) in [5.41, 5.74) is 4.93. The molecular formula is C12H19N3O4. The Morgan fingerprint density at radius 2 is 1.89 bits per heavy atom. The van der Waals surface area contributed by atoms with Crippen LogP contribution in [0.2, 0.25) is 0 Å². The SMILES string of the molecule is C#CC(NC(=O)NC(CCC(N)=O)C(=O)O)C(C)C. The number of carboxylic acids is 1. The van der Waals surface area contributed by atoms with Crippen molar-refractivity contribution in [2.75, 3.05) is 0 Å². The van der Waals surface area contributed by atoms with Gasteiger partial charge in [0.15, 0.2) is 0 Å². The van der Waals surface area contributed by atoms with E-state index in [0.717, 1.165) is 0 Å². The summed E-state index contributed by atoms with van der Waals surface area (Å²) >= 11 is 0. The molecule has 0 aromatic rings. The summed E-state index contributed by atoms with van der Waals surface area (Å²) in [6, 6.07) is -2.36. The van der Waals surface area contributed by atoms with Gasteiger partial charge in [-0.25, -0.2) is 9.59 Å². The lowest BCUT2D eigenvalue weighted by atomic mass is 10.1. The molecule has 0 spiro atoms. The van der Waals surface area contributed by atoms with Gasteiger partial charge >= 0.3 is 12.0 Å². The van der Waals surface area contributed by atoms with E-state index in [1.165, 1.54) is 0 Å². The van der Waals surface area contributed by atoms with E-state index in [1.807, 2.05) is 13.8 Å². The lowest BCUT2D eigenvalue weighted by Crippen LogP contribution is -2.50. The van der Waals surface area contributed by atoms with E-state index in [2.05, 4.69) is 16.6 Å². The lowest BCUT2D eigenvalue weighted by molar-refractivity contribution is -0.139. The molecule has 0 saturated carbocycles. The second-order valence-electron chi connectivity index (χ2n) is 4.40. The monoisotopic (exact) mass is 269 g/mol. The van der Waals surface area contributed by atoms with Crippen LogP contribution in [-0.4, -0.2) is 35.1 Å². The third-order valence-corrected chi connectivity index (χ3v) is 2.42. The Labute approximate surface area is 111 Å². The summed E-state index contributed by atoms with van der Waals surface area (Å²) in [6.45, 7) is 3.65. The van der Waals surface area contributed by atoms with Crippen molar-refractivity contribution < 1.29 is 19.5 Å². The zero-order chi connectivity index (χ0) is 15.0. The number of hydrogen-bond acceptors (Lipinski definition) is 3. The van der Waals surface area contributed by atoms with Crippen LogP contribution in [0.25, 0.3) is 0 Å². The summed E-state index contributed by atoms with van der Waals surface area (Å²) in [4.78, 5) is 33.1. The predicted octanol–water partition coefficient (Wildman–Crippen LogP) is -0.338. The second kappa shape index (κ2) is 7.97. The van der Waals surface area contributed by atoms with Gasteiger partial charge in [0.25, 0.3) is 0 Å². The molecule has 0 fully saturated rings. The van der Waals surface area contributed by atoms with Gasteiger partial charge in [-0.2, -0.15) is 0 Å². The van der Waals surface area contributed by atoms with Crippen LogP contribution in [0.3, 0.4) is 0 Å². The maximum Gasteiger partial charge on any atom is 0.326 e. The topological polar surface area (TPSA) is 122 Å². The highest BCUT2D eigenvalue weighted by Gasteiger charge is 2.22. The van der Waals surface area contributed by atoms with Gasteiger partial charge in [-0.3, -0.25) is 4.79 Å². The first-order valence-corrected chi connectivity index (χ1v) is 5.82. The highest BCUT2D eigenvalue weighted by molar-refractivity contribution is 5.83. The number of carbonyl (C=O) groups is 3. The molecule has 2 atom stereocenters. The Bertz CT molecular complexity index is 387. The van der Waals surface area contributed by atoms with Crippen molar-refractivity contribution in [3.8, 4) is 12.3 Å². The number of hydrogen-bond donors (Lipinski definition) is 4. The smallest absolute Gasteiger partial charge is 0.326 e. The van der Waals surface area contributed by atoms with Gasteiger partial charge in [-0.1, -0.05) is 19.8 Å². The first kappa shape index (κ1) is 16.8. The van der Waals surface area contributed by atoms with E-state index >= 15 is 0 Å². The van der Waals surface area contributed by atoms with E-state index in [1.54, 1.807) is 0 Å². The van der Waals surface area contributed by atoms with Crippen molar-refractivity contribution >= 4 is 17.9 Å². The molecule has 19 heavy (non-hydrogen) atoms. The maximum atomic E-state index is 11.6. The fraction of sp³-hybridized carbons (Fsp3) is 0.583. The number of terminal acetylenes is 1. The van der Waals surface area contributed by atoms with Gasteiger partial charge < -0.3 is 21.5 Å². The molecule has 3 amide bonds. The zero-order valence-corrected chi connectivity index (χ0v) is 11.0. The van der Waals surface area contributed by atoms with Gasteiger partial charge in [0.2, 0.25) is 5.91 Å². The molecule has 0 radical (unpaired) electrons. The summed E-state index contributed by atoms with van der Waals surface area (Å²) in [7, 11) is 0. The Balaban J connectivity index is 4.43. The molecule has 0 aromatic carbocycles. The van der Waals surface area contributed by atoms with Gasteiger partial charge in [-0.15, -0.1) is 6.42 Å². The van der Waals surface area contributed by atoms with Crippen LogP contribution in [0, 0.1) is 18.3 Å². The number of rotatable bonds is 7. The number of carbonyl (C=O) groups excluding carboxylic acids is 2. The van der Waals surface area contributed by atoms with Crippen LogP contribution in [0.1, 0.15) is 26.7 Å². The number of nitrogens with one attached hydrogen (secondary N) is 2. The van der Waals surface area contributed by atoms with Crippen LogP contribution in [0.15, 0.2) is 0 Å². The van der Waals surface area contributed by atoms with E-state index in [-0.39, 0.29) is 18.8 Å². The minimum Gasteiger partial charge on any atom is -0.480 e. The average molecular weight is 269 g/mol. The Morgan fingerprint density at radius 3 is 2.26 bits per heavy atom. The fourth-order valence-corrected chi connectivity index (χ4v) is 1.29. The number of amides is 3. The quantitative estimate of drug-likeness (QED) is 0.472. The Hall–Kier alpha value is -2.23. The number of urea groups is 1.